The van der Waals surface area contributed by atoms with Crippen molar-refractivity contribution in [1.82, 2.24) is 20.4 Å². The lowest BCUT2D eigenvalue weighted by Gasteiger charge is -2.09. The van der Waals surface area contributed by atoms with E-state index in [4.69, 9.17) is 19.2 Å². The number of nitrogens with zero attached hydrogens (tertiary/aromatic N) is 4. The molecule has 9 nitrogen and oxygen atoms in total. The summed E-state index contributed by atoms with van der Waals surface area (Å²) in [6, 6.07) is 10.1. The lowest BCUT2D eigenvalue weighted by molar-refractivity contribution is -0.192. The summed E-state index contributed by atoms with van der Waals surface area (Å²) in [6.07, 6.45) is -1.55. The van der Waals surface area contributed by atoms with E-state index in [2.05, 4.69) is 38.6 Å². The van der Waals surface area contributed by atoms with E-state index in [0.29, 0.717) is 28.7 Å². The smallest absolute Gasteiger partial charge is 0.475 e. The van der Waals surface area contributed by atoms with Crippen LogP contribution in [-0.2, 0) is 17.6 Å². The van der Waals surface area contributed by atoms with Crippen molar-refractivity contribution in [2.24, 2.45) is 0 Å². The number of pyridine rings is 1. The average Bonchev–Trinajstić information content (AvgIpc) is 3.18. The maximum Gasteiger partial charge on any atom is 0.490 e. The number of aliphatic carboxylic acids is 1. The van der Waals surface area contributed by atoms with E-state index < -0.39 is 12.1 Å². The van der Waals surface area contributed by atoms with Crippen LogP contribution in [0.2, 0.25) is 0 Å². The van der Waals surface area contributed by atoms with Gasteiger partial charge in [-0.25, -0.2) is 9.78 Å². The zero-order valence-electron chi connectivity index (χ0n) is 18.9. The highest BCUT2D eigenvalue weighted by atomic mass is 19.4. The van der Waals surface area contributed by atoms with Crippen LogP contribution in [0.25, 0.3) is 22.8 Å². The van der Waals surface area contributed by atoms with Crippen LogP contribution in [-0.4, -0.2) is 51.6 Å². The molecule has 184 valence electrons. The molecule has 12 heteroatoms. The van der Waals surface area contributed by atoms with Crippen LogP contribution in [0, 0.1) is 11.3 Å². The minimum Gasteiger partial charge on any atom is -0.475 e. The van der Waals surface area contributed by atoms with Crippen molar-refractivity contribution in [3.63, 3.8) is 0 Å². The Labute approximate surface area is 198 Å². The monoisotopic (exact) mass is 489 g/mol. The maximum absolute atomic E-state index is 10.6. The second-order valence-corrected chi connectivity index (χ2v) is 7.81. The summed E-state index contributed by atoms with van der Waals surface area (Å²) >= 11 is 0. The molecule has 0 fully saturated rings. The molecule has 3 aromatic rings. The Balaban J connectivity index is 0.000000429. The van der Waals surface area contributed by atoms with Crippen molar-refractivity contribution in [2.75, 3.05) is 13.1 Å². The molecule has 0 atom stereocenters. The first-order chi connectivity index (χ1) is 16.6. The van der Waals surface area contributed by atoms with Crippen LogP contribution in [0.4, 0.5) is 13.2 Å². The summed E-state index contributed by atoms with van der Waals surface area (Å²) in [5, 5.41) is 24.0. The Kier molecular flexibility index (Phi) is 8.03. The number of fused-ring (bicyclic) bond motifs is 1. The minimum absolute atomic E-state index is 0.0659. The molecule has 1 aromatic carbocycles. The van der Waals surface area contributed by atoms with Gasteiger partial charge in [0.15, 0.2) is 0 Å². The molecular weight excluding hydrogens is 467 g/mol. The van der Waals surface area contributed by atoms with Crippen LogP contribution in [0.3, 0.4) is 0 Å². The SMILES string of the molecule is CC(C)Oc1ncc(-c2nc(-c3ccc4c(c3)CCNCC4)no2)cc1C#N.O=C(O)C(F)(F)F. The predicted molar refractivity (Wildman–Crippen MR) is 117 cm³/mol. The highest BCUT2D eigenvalue weighted by Crippen LogP contribution is 2.27. The Morgan fingerprint density at radius 2 is 1.89 bits per heavy atom. The van der Waals surface area contributed by atoms with Crippen molar-refractivity contribution in [3.8, 4) is 34.8 Å². The molecule has 0 bridgehead atoms. The summed E-state index contributed by atoms with van der Waals surface area (Å²) in [6.45, 7) is 5.75. The fourth-order valence-electron chi connectivity index (χ4n) is 3.24. The molecule has 0 saturated carbocycles. The Morgan fingerprint density at radius 3 is 2.51 bits per heavy atom. The van der Waals surface area contributed by atoms with Gasteiger partial charge in [0.25, 0.3) is 5.89 Å². The molecular formula is C23H22F3N5O4. The molecule has 2 N–H and O–H groups in total. The normalized spacial score (nSPS) is 13.2. The minimum atomic E-state index is -5.08. The Morgan fingerprint density at radius 1 is 1.20 bits per heavy atom. The largest absolute Gasteiger partial charge is 0.490 e. The van der Waals surface area contributed by atoms with Crippen molar-refractivity contribution < 1.29 is 32.3 Å². The molecule has 35 heavy (non-hydrogen) atoms. The molecule has 0 saturated heterocycles. The fraction of sp³-hybridized carbons (Fsp3) is 0.348. The van der Waals surface area contributed by atoms with Crippen LogP contribution in [0.1, 0.15) is 30.5 Å². The van der Waals surface area contributed by atoms with Crippen molar-refractivity contribution in [1.29, 1.82) is 5.26 Å². The number of alkyl halides is 3. The number of benzene rings is 1. The summed E-state index contributed by atoms with van der Waals surface area (Å²) < 4.78 is 42.7. The molecule has 0 radical (unpaired) electrons. The van der Waals surface area contributed by atoms with E-state index in [0.717, 1.165) is 31.5 Å². The van der Waals surface area contributed by atoms with Gasteiger partial charge in [0.2, 0.25) is 11.7 Å². The lowest BCUT2D eigenvalue weighted by atomic mass is 10.00. The highest BCUT2D eigenvalue weighted by molar-refractivity contribution is 5.73. The Bertz CT molecular complexity index is 1230. The van der Waals surface area contributed by atoms with E-state index in [1.165, 1.54) is 11.1 Å². The van der Waals surface area contributed by atoms with Gasteiger partial charge in [0.1, 0.15) is 11.6 Å². The molecule has 4 rings (SSSR count). The van der Waals surface area contributed by atoms with Gasteiger partial charge in [-0.3, -0.25) is 0 Å². The van der Waals surface area contributed by atoms with Crippen LogP contribution in [0.15, 0.2) is 35.0 Å². The van der Waals surface area contributed by atoms with E-state index in [1.807, 2.05) is 19.9 Å². The van der Waals surface area contributed by atoms with Gasteiger partial charge in [0, 0.05) is 11.8 Å². The average molecular weight is 489 g/mol. The maximum atomic E-state index is 10.6. The first-order valence-electron chi connectivity index (χ1n) is 10.6. The first kappa shape index (κ1) is 25.6. The highest BCUT2D eigenvalue weighted by Gasteiger charge is 2.38. The third-order valence-corrected chi connectivity index (χ3v) is 4.84. The molecule has 2 aromatic heterocycles. The number of ether oxygens (including phenoxy) is 1. The number of rotatable bonds is 4. The number of hydrogen-bond donors (Lipinski definition) is 2. The third kappa shape index (κ3) is 6.77. The third-order valence-electron chi connectivity index (χ3n) is 4.84. The topological polar surface area (TPSA) is 134 Å². The van der Waals surface area contributed by atoms with Gasteiger partial charge in [-0.05, 0) is 63.0 Å². The van der Waals surface area contributed by atoms with E-state index in [1.54, 1.807) is 12.3 Å². The number of carboxylic acid groups (broad SMARTS) is 1. The van der Waals surface area contributed by atoms with Gasteiger partial charge in [-0.1, -0.05) is 17.3 Å². The second kappa shape index (κ2) is 11.0. The number of halogens is 3. The van der Waals surface area contributed by atoms with Crippen molar-refractivity contribution in [2.45, 2.75) is 39.0 Å². The first-order valence-corrected chi connectivity index (χ1v) is 10.6. The number of hydrogen-bond acceptors (Lipinski definition) is 8. The number of nitrogens with one attached hydrogen (secondary N) is 1. The standard InChI is InChI=1S/C21H21N5O2.C2HF3O2/c1-13(2)27-20-17(11-22)10-18(12-24-20)21-25-19(26-28-21)16-4-3-14-5-7-23-8-6-15(14)9-16;3-2(4,5)1(6)7/h3-4,9-10,12-13,23H,5-8H2,1-2H3;(H,6,7). The predicted octanol–water partition coefficient (Wildman–Crippen LogP) is 3.78. The Hall–Kier alpha value is -3.98. The second-order valence-electron chi connectivity index (χ2n) is 7.81. The van der Waals surface area contributed by atoms with Crippen molar-refractivity contribution in [3.05, 3.63) is 47.2 Å². The van der Waals surface area contributed by atoms with Crippen LogP contribution in [0.5, 0.6) is 5.88 Å². The molecule has 0 aliphatic carbocycles. The molecule has 0 spiro atoms. The quantitative estimate of drug-likeness (QED) is 0.561. The number of nitriles is 1. The van der Waals surface area contributed by atoms with Gasteiger partial charge < -0.3 is 19.7 Å². The van der Waals surface area contributed by atoms with E-state index in [-0.39, 0.29) is 6.10 Å². The fourth-order valence-corrected chi connectivity index (χ4v) is 3.24. The summed E-state index contributed by atoms with van der Waals surface area (Å²) in [5.41, 5.74) is 4.52. The van der Waals surface area contributed by atoms with Crippen LogP contribution >= 0.6 is 0 Å². The van der Waals surface area contributed by atoms with Crippen LogP contribution < -0.4 is 10.1 Å². The molecule has 3 heterocycles. The van der Waals surface area contributed by atoms with E-state index in [9.17, 15) is 18.4 Å². The summed E-state index contributed by atoms with van der Waals surface area (Å²) in [5.74, 6) is -1.60. The van der Waals surface area contributed by atoms with Gasteiger partial charge in [0.05, 0.1) is 11.7 Å². The number of aromatic nitrogens is 3. The van der Waals surface area contributed by atoms with Gasteiger partial charge >= 0.3 is 12.1 Å². The summed E-state index contributed by atoms with van der Waals surface area (Å²) in [4.78, 5) is 17.6. The number of carboxylic acids is 1. The molecule has 1 aliphatic heterocycles. The molecule has 1 aliphatic rings. The van der Waals surface area contributed by atoms with Gasteiger partial charge in [-0.15, -0.1) is 0 Å². The zero-order valence-corrected chi connectivity index (χ0v) is 18.9. The summed E-state index contributed by atoms with van der Waals surface area (Å²) in [7, 11) is 0. The zero-order chi connectivity index (χ0) is 25.6. The molecule has 0 unspecified atom stereocenters. The lowest BCUT2D eigenvalue weighted by Crippen LogP contribution is -2.21. The van der Waals surface area contributed by atoms with Gasteiger partial charge in [-0.2, -0.15) is 23.4 Å². The number of carbonyl (C=O) groups is 1. The molecule has 0 amide bonds. The van der Waals surface area contributed by atoms with E-state index >= 15 is 0 Å². The van der Waals surface area contributed by atoms with Crippen molar-refractivity contribution >= 4 is 5.97 Å².